The Labute approximate surface area is 266 Å². The Morgan fingerprint density at radius 2 is 1.75 bits per heavy atom. The van der Waals surface area contributed by atoms with Gasteiger partial charge in [-0.15, -0.1) is 0 Å². The standard InChI is InChI=1S/C34H34Cl2N4O4/c35-24-11-12-31-22(18-24)6-5-15-40(31)34(43)30(19-23-20-37-29-10-4-2-7-26(23)29)38-32(41)21-44-25-13-16-39(17-14-25)33(42)27-8-1-3-9-28(27)36/h1-4,7-12,18,20,25,30,37H,5-6,13-17,19,21H2,(H,38,41). The van der Waals surface area contributed by atoms with Gasteiger partial charge in [-0.2, -0.15) is 0 Å². The van der Waals surface area contributed by atoms with Gasteiger partial charge in [-0.05, 0) is 73.2 Å². The number of para-hydroxylation sites is 1. The molecule has 1 atom stereocenters. The normalized spacial score (nSPS) is 16.0. The van der Waals surface area contributed by atoms with Crippen LogP contribution in [0.5, 0.6) is 0 Å². The Morgan fingerprint density at radius 3 is 2.57 bits per heavy atom. The number of amides is 3. The summed E-state index contributed by atoms with van der Waals surface area (Å²) in [6.45, 7) is 1.41. The number of carbonyl (C=O) groups excluding carboxylic acids is 3. The minimum absolute atomic E-state index is 0.105. The van der Waals surface area contributed by atoms with Crippen molar-refractivity contribution in [2.24, 2.45) is 0 Å². The zero-order valence-corrected chi connectivity index (χ0v) is 25.7. The quantitative estimate of drug-likeness (QED) is 0.257. The molecule has 3 amide bonds. The summed E-state index contributed by atoms with van der Waals surface area (Å²) >= 11 is 12.5. The Morgan fingerprint density at radius 1 is 0.977 bits per heavy atom. The van der Waals surface area contributed by atoms with Gasteiger partial charge in [0, 0.05) is 53.9 Å². The molecule has 2 aliphatic heterocycles. The van der Waals surface area contributed by atoms with Crippen molar-refractivity contribution in [3.63, 3.8) is 0 Å². The van der Waals surface area contributed by atoms with E-state index in [1.54, 1.807) is 40.1 Å². The van der Waals surface area contributed by atoms with Crippen molar-refractivity contribution in [3.8, 4) is 0 Å². The predicted molar refractivity (Wildman–Crippen MR) is 172 cm³/mol. The van der Waals surface area contributed by atoms with Crippen molar-refractivity contribution in [2.75, 3.05) is 31.1 Å². The fourth-order valence-corrected chi connectivity index (χ4v) is 6.57. The number of H-pyrrole nitrogens is 1. The van der Waals surface area contributed by atoms with Gasteiger partial charge < -0.3 is 24.8 Å². The maximum Gasteiger partial charge on any atom is 0.255 e. The average Bonchev–Trinajstić information content (AvgIpc) is 3.45. The molecule has 8 nitrogen and oxygen atoms in total. The third kappa shape index (κ3) is 6.62. The molecule has 228 valence electrons. The van der Waals surface area contributed by atoms with Gasteiger partial charge in [0.05, 0.1) is 16.7 Å². The number of aromatic amines is 1. The van der Waals surface area contributed by atoms with E-state index in [0.717, 1.165) is 40.6 Å². The molecule has 0 radical (unpaired) electrons. The Balaban J connectivity index is 1.11. The van der Waals surface area contributed by atoms with Crippen LogP contribution in [0.3, 0.4) is 0 Å². The van der Waals surface area contributed by atoms with E-state index >= 15 is 0 Å². The first-order valence-electron chi connectivity index (χ1n) is 15.0. The third-order valence-electron chi connectivity index (χ3n) is 8.44. The second-order valence-electron chi connectivity index (χ2n) is 11.3. The second kappa shape index (κ2) is 13.4. The minimum atomic E-state index is -0.790. The number of anilines is 1. The number of aryl methyl sites for hydroxylation is 1. The molecule has 2 aliphatic rings. The van der Waals surface area contributed by atoms with Crippen LogP contribution in [0.1, 0.15) is 40.7 Å². The van der Waals surface area contributed by atoms with E-state index in [4.69, 9.17) is 27.9 Å². The summed E-state index contributed by atoms with van der Waals surface area (Å²) in [4.78, 5) is 47.0. The Hall–Kier alpha value is -3.85. The van der Waals surface area contributed by atoms with Crippen LogP contribution in [0.25, 0.3) is 10.9 Å². The number of benzene rings is 3. The lowest BCUT2D eigenvalue weighted by Gasteiger charge is -2.33. The molecule has 4 aromatic rings. The van der Waals surface area contributed by atoms with Gasteiger partial charge in [-0.1, -0.05) is 53.5 Å². The number of halogens is 2. The van der Waals surface area contributed by atoms with E-state index in [0.29, 0.717) is 54.5 Å². The summed E-state index contributed by atoms with van der Waals surface area (Å²) in [5.74, 6) is -0.628. The summed E-state index contributed by atoms with van der Waals surface area (Å²) in [5, 5.41) is 5.06. The first-order chi connectivity index (χ1) is 21.4. The van der Waals surface area contributed by atoms with E-state index in [-0.39, 0.29) is 30.4 Å². The zero-order chi connectivity index (χ0) is 30.6. The van der Waals surface area contributed by atoms with Gasteiger partial charge in [-0.25, -0.2) is 0 Å². The van der Waals surface area contributed by atoms with Crippen molar-refractivity contribution >= 4 is 57.5 Å². The fraction of sp³-hybridized carbons (Fsp3) is 0.324. The van der Waals surface area contributed by atoms with Crippen LogP contribution in [0.15, 0.2) is 72.9 Å². The van der Waals surface area contributed by atoms with Crippen molar-refractivity contribution in [1.82, 2.24) is 15.2 Å². The van der Waals surface area contributed by atoms with Crippen LogP contribution in [0.4, 0.5) is 5.69 Å². The highest BCUT2D eigenvalue weighted by Crippen LogP contribution is 2.31. The number of hydrogen-bond donors (Lipinski definition) is 2. The second-order valence-corrected chi connectivity index (χ2v) is 12.2. The fourth-order valence-electron chi connectivity index (χ4n) is 6.16. The van der Waals surface area contributed by atoms with E-state index in [1.807, 2.05) is 42.6 Å². The highest BCUT2D eigenvalue weighted by Gasteiger charge is 2.31. The lowest BCUT2D eigenvalue weighted by atomic mass is 9.99. The van der Waals surface area contributed by atoms with Gasteiger partial charge in [-0.3, -0.25) is 14.4 Å². The average molecular weight is 634 g/mol. The highest BCUT2D eigenvalue weighted by molar-refractivity contribution is 6.33. The van der Waals surface area contributed by atoms with Gasteiger partial charge in [0.1, 0.15) is 12.6 Å². The maximum absolute atomic E-state index is 14.1. The molecule has 2 N–H and O–H groups in total. The monoisotopic (exact) mass is 632 g/mol. The summed E-state index contributed by atoms with van der Waals surface area (Å²) in [6, 6.07) is 19.7. The summed E-state index contributed by atoms with van der Waals surface area (Å²) in [5.41, 5.74) is 4.26. The van der Waals surface area contributed by atoms with Crippen molar-refractivity contribution in [2.45, 2.75) is 44.2 Å². The first-order valence-corrected chi connectivity index (χ1v) is 15.7. The topological polar surface area (TPSA) is 94.7 Å². The predicted octanol–water partition coefficient (Wildman–Crippen LogP) is 5.80. The molecule has 0 saturated carbocycles. The third-order valence-corrected chi connectivity index (χ3v) is 9.01. The molecule has 0 bridgehead atoms. The van der Waals surface area contributed by atoms with E-state index in [9.17, 15) is 14.4 Å². The SMILES string of the molecule is O=C(COC1CCN(C(=O)c2ccccc2Cl)CC1)NC(Cc1c[nH]c2ccccc12)C(=O)N1CCCc2cc(Cl)ccc21. The summed E-state index contributed by atoms with van der Waals surface area (Å²) < 4.78 is 5.98. The Kier molecular flexibility index (Phi) is 9.21. The number of rotatable bonds is 8. The molecular weight excluding hydrogens is 599 g/mol. The highest BCUT2D eigenvalue weighted by atomic mass is 35.5. The number of likely N-dealkylation sites (tertiary alicyclic amines) is 1. The number of nitrogens with zero attached hydrogens (tertiary/aromatic N) is 2. The molecule has 44 heavy (non-hydrogen) atoms. The van der Waals surface area contributed by atoms with Gasteiger partial charge in [0.25, 0.3) is 5.91 Å². The zero-order valence-electron chi connectivity index (χ0n) is 24.2. The number of nitrogens with one attached hydrogen (secondary N) is 2. The van der Waals surface area contributed by atoms with E-state index in [2.05, 4.69) is 10.3 Å². The van der Waals surface area contributed by atoms with Gasteiger partial charge in [0.2, 0.25) is 11.8 Å². The van der Waals surface area contributed by atoms with E-state index < -0.39 is 6.04 Å². The molecular formula is C34H34Cl2N4O4. The molecule has 10 heteroatoms. The lowest BCUT2D eigenvalue weighted by molar-refractivity contribution is -0.132. The van der Waals surface area contributed by atoms with Crippen molar-refractivity contribution in [3.05, 3.63) is 99.7 Å². The number of hydrogen-bond acceptors (Lipinski definition) is 4. The Bertz CT molecular complexity index is 1680. The molecule has 3 heterocycles. The molecule has 0 spiro atoms. The van der Waals surface area contributed by atoms with E-state index in [1.165, 1.54) is 0 Å². The molecule has 1 aromatic heterocycles. The largest absolute Gasteiger partial charge is 0.368 e. The summed E-state index contributed by atoms with van der Waals surface area (Å²) in [6.07, 6.45) is 4.93. The maximum atomic E-state index is 14.1. The smallest absolute Gasteiger partial charge is 0.255 e. The lowest BCUT2D eigenvalue weighted by Crippen LogP contribution is -2.52. The van der Waals surface area contributed by atoms with Crippen LogP contribution in [0, 0.1) is 0 Å². The van der Waals surface area contributed by atoms with Crippen LogP contribution in [0.2, 0.25) is 10.0 Å². The number of aromatic nitrogens is 1. The first kappa shape index (κ1) is 30.2. The van der Waals surface area contributed by atoms with Crippen LogP contribution in [-0.2, 0) is 27.2 Å². The van der Waals surface area contributed by atoms with Crippen molar-refractivity contribution in [1.29, 1.82) is 0 Å². The van der Waals surface area contributed by atoms with Gasteiger partial charge in [0.15, 0.2) is 0 Å². The molecule has 1 saturated heterocycles. The molecule has 6 rings (SSSR count). The van der Waals surface area contributed by atoms with Crippen LogP contribution >= 0.6 is 23.2 Å². The number of piperidine rings is 1. The number of fused-ring (bicyclic) bond motifs is 2. The van der Waals surface area contributed by atoms with Crippen LogP contribution in [-0.4, -0.2) is 66.0 Å². The molecule has 0 aliphatic carbocycles. The molecule has 1 unspecified atom stereocenters. The number of carbonyl (C=O) groups is 3. The number of ether oxygens (including phenoxy) is 1. The van der Waals surface area contributed by atoms with Crippen molar-refractivity contribution < 1.29 is 19.1 Å². The minimum Gasteiger partial charge on any atom is -0.368 e. The summed E-state index contributed by atoms with van der Waals surface area (Å²) in [7, 11) is 0. The van der Waals surface area contributed by atoms with Gasteiger partial charge >= 0.3 is 0 Å². The van der Waals surface area contributed by atoms with Crippen LogP contribution < -0.4 is 10.2 Å². The molecule has 3 aromatic carbocycles. The molecule has 1 fully saturated rings.